The summed E-state index contributed by atoms with van der Waals surface area (Å²) in [6.07, 6.45) is 0.202. The fraction of sp³-hybridized carbons (Fsp3) is 0.136. The molecule has 3 aromatic rings. The Morgan fingerprint density at radius 1 is 0.926 bits per heavy atom. The van der Waals surface area contributed by atoms with Crippen molar-refractivity contribution in [1.82, 2.24) is 0 Å². The van der Waals surface area contributed by atoms with Crippen LogP contribution >= 0.6 is 0 Å². The van der Waals surface area contributed by atoms with Gasteiger partial charge in [-0.25, -0.2) is 4.39 Å². The van der Waals surface area contributed by atoms with E-state index in [1.54, 1.807) is 19.2 Å². The SMILES string of the molecule is COc1ccccc1CNc1ccc(NC(=O)Cc2ccc(F)cc2)cc1. The van der Waals surface area contributed by atoms with Crippen molar-refractivity contribution in [2.45, 2.75) is 13.0 Å². The number of nitrogens with one attached hydrogen (secondary N) is 2. The fourth-order valence-corrected chi connectivity index (χ4v) is 2.71. The number of carbonyl (C=O) groups excluding carboxylic acids is 1. The van der Waals surface area contributed by atoms with E-state index in [9.17, 15) is 9.18 Å². The number of hydrogen-bond acceptors (Lipinski definition) is 3. The van der Waals surface area contributed by atoms with E-state index < -0.39 is 0 Å². The number of para-hydroxylation sites is 1. The van der Waals surface area contributed by atoms with Gasteiger partial charge in [-0.15, -0.1) is 0 Å². The Kier molecular flexibility index (Phi) is 6.05. The molecule has 2 N–H and O–H groups in total. The van der Waals surface area contributed by atoms with Crippen LogP contribution in [0.2, 0.25) is 0 Å². The molecule has 0 saturated heterocycles. The van der Waals surface area contributed by atoms with Gasteiger partial charge in [0.1, 0.15) is 11.6 Å². The highest BCUT2D eigenvalue weighted by molar-refractivity contribution is 5.92. The number of anilines is 2. The predicted octanol–water partition coefficient (Wildman–Crippen LogP) is 4.63. The van der Waals surface area contributed by atoms with Crippen molar-refractivity contribution < 1.29 is 13.9 Å². The third-order valence-corrected chi connectivity index (χ3v) is 4.12. The van der Waals surface area contributed by atoms with Crippen LogP contribution in [0.4, 0.5) is 15.8 Å². The van der Waals surface area contributed by atoms with E-state index in [0.717, 1.165) is 22.6 Å². The Morgan fingerprint density at radius 3 is 2.30 bits per heavy atom. The molecule has 0 saturated carbocycles. The standard InChI is InChI=1S/C22H21FN2O2/c1-27-21-5-3-2-4-17(21)15-24-19-10-12-20(13-11-19)25-22(26)14-16-6-8-18(23)9-7-16/h2-13,24H,14-15H2,1H3,(H,25,26). The van der Waals surface area contributed by atoms with E-state index in [2.05, 4.69) is 10.6 Å². The summed E-state index contributed by atoms with van der Waals surface area (Å²) in [5.41, 5.74) is 3.49. The molecule has 138 valence electrons. The van der Waals surface area contributed by atoms with E-state index in [-0.39, 0.29) is 18.1 Å². The molecular formula is C22H21FN2O2. The molecule has 0 aliphatic carbocycles. The van der Waals surface area contributed by atoms with Gasteiger partial charge in [0.05, 0.1) is 13.5 Å². The van der Waals surface area contributed by atoms with Gasteiger partial charge in [-0.3, -0.25) is 4.79 Å². The van der Waals surface area contributed by atoms with E-state index in [4.69, 9.17) is 4.74 Å². The Labute approximate surface area is 158 Å². The van der Waals surface area contributed by atoms with E-state index in [1.807, 2.05) is 48.5 Å². The predicted molar refractivity (Wildman–Crippen MR) is 105 cm³/mol. The van der Waals surface area contributed by atoms with Crippen LogP contribution in [-0.2, 0) is 17.8 Å². The number of benzene rings is 3. The van der Waals surface area contributed by atoms with Gasteiger partial charge in [-0.05, 0) is 48.0 Å². The van der Waals surface area contributed by atoms with Crippen molar-refractivity contribution in [3.63, 3.8) is 0 Å². The number of halogens is 1. The van der Waals surface area contributed by atoms with E-state index in [1.165, 1.54) is 12.1 Å². The number of hydrogen-bond donors (Lipinski definition) is 2. The average molecular weight is 364 g/mol. The van der Waals surface area contributed by atoms with Gasteiger partial charge in [0, 0.05) is 23.5 Å². The second-order valence-corrected chi connectivity index (χ2v) is 6.09. The van der Waals surface area contributed by atoms with Crippen LogP contribution in [-0.4, -0.2) is 13.0 Å². The molecule has 0 aliphatic heterocycles. The molecular weight excluding hydrogens is 343 g/mol. The lowest BCUT2D eigenvalue weighted by atomic mass is 10.1. The van der Waals surface area contributed by atoms with Gasteiger partial charge in [-0.2, -0.15) is 0 Å². The Morgan fingerprint density at radius 2 is 1.59 bits per heavy atom. The minimum absolute atomic E-state index is 0.142. The maximum Gasteiger partial charge on any atom is 0.228 e. The number of methoxy groups -OCH3 is 1. The first-order chi connectivity index (χ1) is 13.1. The van der Waals surface area contributed by atoms with Crippen LogP contribution in [0.5, 0.6) is 5.75 Å². The Balaban J connectivity index is 1.53. The summed E-state index contributed by atoms with van der Waals surface area (Å²) >= 11 is 0. The molecule has 0 spiro atoms. The monoisotopic (exact) mass is 364 g/mol. The summed E-state index contributed by atoms with van der Waals surface area (Å²) in [5, 5.41) is 6.18. The van der Waals surface area contributed by atoms with E-state index in [0.29, 0.717) is 12.2 Å². The topological polar surface area (TPSA) is 50.4 Å². The fourth-order valence-electron chi connectivity index (χ4n) is 2.71. The lowest BCUT2D eigenvalue weighted by molar-refractivity contribution is -0.115. The molecule has 0 aromatic heterocycles. The summed E-state index contributed by atoms with van der Waals surface area (Å²) in [7, 11) is 1.66. The molecule has 27 heavy (non-hydrogen) atoms. The molecule has 5 heteroatoms. The summed E-state index contributed by atoms with van der Waals surface area (Å²) in [6.45, 7) is 0.639. The maximum absolute atomic E-state index is 12.9. The normalized spacial score (nSPS) is 10.3. The third kappa shape index (κ3) is 5.31. The van der Waals surface area contributed by atoms with Crippen LogP contribution in [0.1, 0.15) is 11.1 Å². The van der Waals surface area contributed by atoms with Crippen molar-refractivity contribution in [3.05, 3.63) is 89.7 Å². The Bertz CT molecular complexity index is 893. The molecule has 0 fully saturated rings. The molecule has 0 aliphatic rings. The van der Waals surface area contributed by atoms with Gasteiger partial charge in [0.15, 0.2) is 0 Å². The number of carbonyl (C=O) groups is 1. The Hall–Kier alpha value is -3.34. The second-order valence-electron chi connectivity index (χ2n) is 6.09. The van der Waals surface area contributed by atoms with Gasteiger partial charge >= 0.3 is 0 Å². The largest absolute Gasteiger partial charge is 0.496 e. The zero-order chi connectivity index (χ0) is 19.1. The van der Waals surface area contributed by atoms with Crippen molar-refractivity contribution in [3.8, 4) is 5.75 Å². The highest BCUT2D eigenvalue weighted by Gasteiger charge is 2.05. The van der Waals surface area contributed by atoms with Crippen molar-refractivity contribution in [2.75, 3.05) is 17.7 Å². The van der Waals surface area contributed by atoms with Gasteiger partial charge < -0.3 is 15.4 Å². The average Bonchev–Trinajstić information content (AvgIpc) is 2.69. The summed E-state index contributed by atoms with van der Waals surface area (Å²) in [6, 6.07) is 21.3. The van der Waals surface area contributed by atoms with Crippen molar-refractivity contribution in [2.24, 2.45) is 0 Å². The molecule has 0 unspecified atom stereocenters. The van der Waals surface area contributed by atoms with Gasteiger partial charge in [-0.1, -0.05) is 30.3 Å². The van der Waals surface area contributed by atoms with Gasteiger partial charge in [0.2, 0.25) is 5.91 Å². The zero-order valence-electron chi connectivity index (χ0n) is 15.0. The smallest absolute Gasteiger partial charge is 0.228 e. The van der Waals surface area contributed by atoms with Crippen LogP contribution in [0.3, 0.4) is 0 Å². The van der Waals surface area contributed by atoms with Gasteiger partial charge in [0.25, 0.3) is 0 Å². The number of amides is 1. The highest BCUT2D eigenvalue weighted by atomic mass is 19.1. The van der Waals surface area contributed by atoms with Crippen LogP contribution in [0, 0.1) is 5.82 Å². The lowest BCUT2D eigenvalue weighted by Gasteiger charge is -2.11. The summed E-state index contributed by atoms with van der Waals surface area (Å²) < 4.78 is 18.3. The highest BCUT2D eigenvalue weighted by Crippen LogP contribution is 2.20. The number of rotatable bonds is 7. The second kappa shape index (κ2) is 8.85. The minimum atomic E-state index is -0.310. The molecule has 0 bridgehead atoms. The van der Waals surface area contributed by atoms with Crippen LogP contribution in [0.25, 0.3) is 0 Å². The van der Waals surface area contributed by atoms with Crippen LogP contribution in [0.15, 0.2) is 72.8 Å². The summed E-state index contributed by atoms with van der Waals surface area (Å²) in [4.78, 5) is 12.1. The molecule has 0 heterocycles. The third-order valence-electron chi connectivity index (χ3n) is 4.12. The van der Waals surface area contributed by atoms with Crippen molar-refractivity contribution in [1.29, 1.82) is 0 Å². The first-order valence-corrected chi connectivity index (χ1v) is 8.64. The molecule has 0 atom stereocenters. The molecule has 4 nitrogen and oxygen atoms in total. The first kappa shape index (κ1) is 18.5. The zero-order valence-corrected chi connectivity index (χ0v) is 15.0. The van der Waals surface area contributed by atoms with Crippen LogP contribution < -0.4 is 15.4 Å². The molecule has 3 rings (SSSR count). The minimum Gasteiger partial charge on any atom is -0.496 e. The quantitative estimate of drug-likeness (QED) is 0.643. The lowest BCUT2D eigenvalue weighted by Crippen LogP contribution is -2.14. The summed E-state index contributed by atoms with van der Waals surface area (Å²) in [5.74, 6) is 0.390. The molecule has 3 aromatic carbocycles. The number of ether oxygens (including phenoxy) is 1. The molecule has 1 amide bonds. The van der Waals surface area contributed by atoms with E-state index >= 15 is 0 Å². The first-order valence-electron chi connectivity index (χ1n) is 8.64. The van der Waals surface area contributed by atoms with Crippen molar-refractivity contribution >= 4 is 17.3 Å². The maximum atomic E-state index is 12.9. The molecule has 0 radical (unpaired) electrons.